The lowest BCUT2D eigenvalue weighted by molar-refractivity contribution is -0.138. The minimum Gasteiger partial charge on any atom is -0.378 e. The summed E-state index contributed by atoms with van der Waals surface area (Å²) < 4.78 is 79.6. The third-order valence-electron chi connectivity index (χ3n) is 12.0. The van der Waals surface area contributed by atoms with Crippen LogP contribution in [0.15, 0.2) is 30.5 Å². The van der Waals surface area contributed by atoms with Gasteiger partial charge in [0.15, 0.2) is 10.8 Å². The summed E-state index contributed by atoms with van der Waals surface area (Å²) in [6.07, 6.45) is -1.08. The maximum atomic E-state index is 15.5. The molecule has 2 unspecified atom stereocenters. The van der Waals surface area contributed by atoms with Crippen molar-refractivity contribution in [2.75, 3.05) is 36.5 Å². The summed E-state index contributed by atoms with van der Waals surface area (Å²) in [5.74, 6) is -6.41. The number of para-hydroxylation sites is 1. The number of carbonyl (C=O) groups excluding carboxylic acids is 4. The second-order valence-corrected chi connectivity index (χ2v) is 16.7. The third kappa shape index (κ3) is 9.06. The molecule has 5 heterocycles. The van der Waals surface area contributed by atoms with Crippen molar-refractivity contribution in [3.05, 3.63) is 47.4 Å². The average Bonchev–Trinajstić information content (AvgIpc) is 3.60. The largest absolute Gasteiger partial charge is 0.419 e. The molecule has 0 radical (unpaired) electrons. The third-order valence-corrected chi connectivity index (χ3v) is 12.4. The number of hydrogen-bond donors (Lipinski definition) is 2. The van der Waals surface area contributed by atoms with Crippen molar-refractivity contribution in [3.63, 3.8) is 0 Å². The van der Waals surface area contributed by atoms with E-state index in [1.165, 1.54) is 11.0 Å². The zero-order valence-corrected chi connectivity index (χ0v) is 35.2. The van der Waals surface area contributed by atoms with E-state index in [4.69, 9.17) is 22.2 Å². The number of nitriles is 1. The lowest BCUT2D eigenvalue weighted by Gasteiger charge is -2.41. The Kier molecular flexibility index (Phi) is 13.1. The number of nitrogens with zero attached hydrogens (tertiary/aromatic N) is 7. The molecule has 4 amide bonds. The number of ether oxygens (including phenoxy) is 1. The van der Waals surface area contributed by atoms with E-state index in [2.05, 4.69) is 20.7 Å². The van der Waals surface area contributed by atoms with Crippen LogP contribution in [0.5, 0.6) is 0 Å². The molecule has 2 N–H and O–H groups in total. The van der Waals surface area contributed by atoms with Gasteiger partial charge >= 0.3 is 6.18 Å². The zero-order valence-electron chi connectivity index (χ0n) is 33.6. The molecule has 1 saturated carbocycles. The van der Waals surface area contributed by atoms with Crippen LogP contribution < -0.4 is 15.5 Å². The lowest BCUT2D eigenvalue weighted by Crippen LogP contribution is -2.51. The normalized spacial score (nSPS) is 24.4. The molecule has 3 aliphatic heterocycles. The first-order valence-corrected chi connectivity index (χ1v) is 20.2. The molecule has 21 heteroatoms. The van der Waals surface area contributed by atoms with E-state index in [0.29, 0.717) is 60.5 Å². The van der Waals surface area contributed by atoms with Crippen LogP contribution in [0.3, 0.4) is 0 Å². The Morgan fingerprint density at radius 3 is 2.49 bits per heavy atom. The summed E-state index contributed by atoms with van der Waals surface area (Å²) in [6, 6.07) is 7.07. The van der Waals surface area contributed by atoms with Gasteiger partial charge in [-0.15, -0.1) is 12.4 Å². The number of thiocarbonyl (C=S) groups is 1. The second kappa shape index (κ2) is 17.5. The number of likely N-dealkylation sites (tertiary alicyclic amines) is 1. The van der Waals surface area contributed by atoms with Crippen LogP contribution in [0.25, 0.3) is 10.9 Å². The monoisotopic (exact) mass is 893 g/mol. The van der Waals surface area contributed by atoms with E-state index in [9.17, 15) is 32.3 Å². The van der Waals surface area contributed by atoms with Gasteiger partial charge in [0.05, 0.1) is 59.5 Å². The number of aryl methyl sites for hydroxylation is 1. The number of fused-ring (bicyclic) bond motifs is 1. The van der Waals surface area contributed by atoms with E-state index in [-0.39, 0.29) is 80.2 Å². The van der Waals surface area contributed by atoms with E-state index in [1.807, 2.05) is 0 Å². The number of pyridine rings is 1. The quantitative estimate of drug-likeness (QED) is 0.143. The molecule has 328 valence electrons. The Balaban J connectivity index is 0.00000622. The lowest BCUT2D eigenvalue weighted by atomic mass is 9.88. The highest BCUT2D eigenvalue weighted by molar-refractivity contribution is 7.80. The Morgan fingerprint density at radius 2 is 1.84 bits per heavy atom. The molecular formula is C40H45ClF5N9O5S. The highest BCUT2D eigenvalue weighted by atomic mass is 35.5. The molecule has 0 spiro atoms. The zero-order chi connectivity index (χ0) is 43.3. The van der Waals surface area contributed by atoms with Crippen molar-refractivity contribution in [2.24, 2.45) is 13.0 Å². The molecular weight excluding hydrogens is 849 g/mol. The van der Waals surface area contributed by atoms with Crippen molar-refractivity contribution in [3.8, 4) is 6.07 Å². The molecule has 2 aromatic heterocycles. The van der Waals surface area contributed by atoms with Gasteiger partial charge in [0.2, 0.25) is 17.7 Å². The first-order valence-electron chi connectivity index (χ1n) is 19.8. The number of rotatable bonds is 10. The predicted octanol–water partition coefficient (Wildman–Crippen LogP) is 5.83. The van der Waals surface area contributed by atoms with Crippen molar-refractivity contribution in [1.29, 1.82) is 5.26 Å². The molecule has 4 fully saturated rings. The average molecular weight is 894 g/mol. The maximum absolute atomic E-state index is 15.5. The van der Waals surface area contributed by atoms with Gasteiger partial charge in [-0.2, -0.15) is 23.5 Å². The Labute approximate surface area is 359 Å². The van der Waals surface area contributed by atoms with E-state index >= 15 is 8.78 Å². The van der Waals surface area contributed by atoms with Crippen molar-refractivity contribution >= 4 is 75.6 Å². The number of carbonyl (C=O) groups is 4. The fourth-order valence-corrected chi connectivity index (χ4v) is 9.56. The number of nitrogens with one attached hydrogen (secondary N) is 2. The number of imide groups is 1. The van der Waals surface area contributed by atoms with Gasteiger partial charge in [-0.25, -0.2) is 13.8 Å². The first-order chi connectivity index (χ1) is 28.3. The van der Waals surface area contributed by atoms with Crippen LogP contribution >= 0.6 is 24.6 Å². The Morgan fingerprint density at radius 1 is 1.11 bits per heavy atom. The SMILES string of the molecule is Cl.Cn1nc(C2CCC(=O)NC2=O)c2cccc(NC(=O)CN3CCC(CCOC4CCC(N5C(=S)N(c6cnc(C#N)c(C(F)(F)F)c6)C(=O)C5(C)C)CC4)C(F)(F)C3)c21. The highest BCUT2D eigenvalue weighted by Crippen LogP contribution is 2.41. The molecule has 4 aliphatic rings. The molecule has 61 heavy (non-hydrogen) atoms. The minimum absolute atomic E-state index is 0. The molecule has 14 nitrogen and oxygen atoms in total. The van der Waals surface area contributed by atoms with Crippen LogP contribution in [0.4, 0.5) is 33.3 Å². The first kappa shape index (κ1) is 45.7. The summed E-state index contributed by atoms with van der Waals surface area (Å²) in [6.45, 7) is 2.84. The van der Waals surface area contributed by atoms with Crippen LogP contribution in [0.1, 0.15) is 88.1 Å². The fourth-order valence-electron chi connectivity index (χ4n) is 9.00. The number of halogens is 6. The fraction of sp³-hybridized carbons (Fsp3) is 0.550. The van der Waals surface area contributed by atoms with Crippen molar-refractivity contribution in [2.45, 2.75) is 101 Å². The number of aromatic nitrogens is 3. The van der Waals surface area contributed by atoms with Gasteiger partial charge in [0.1, 0.15) is 11.6 Å². The summed E-state index contributed by atoms with van der Waals surface area (Å²) in [7, 11) is 1.68. The van der Waals surface area contributed by atoms with E-state index < -0.39 is 65.0 Å². The van der Waals surface area contributed by atoms with E-state index in [1.54, 1.807) is 48.7 Å². The molecule has 3 aromatic rings. The number of piperidine rings is 2. The van der Waals surface area contributed by atoms with Gasteiger partial charge in [-0.05, 0) is 89.7 Å². The summed E-state index contributed by atoms with van der Waals surface area (Å²) in [4.78, 5) is 58.8. The van der Waals surface area contributed by atoms with Gasteiger partial charge in [0.25, 0.3) is 11.8 Å². The minimum atomic E-state index is -4.87. The predicted molar refractivity (Wildman–Crippen MR) is 218 cm³/mol. The number of amides is 4. The second-order valence-electron chi connectivity index (χ2n) is 16.4. The molecule has 7 rings (SSSR count). The Hall–Kier alpha value is -4.84. The number of anilines is 2. The highest BCUT2D eigenvalue weighted by Gasteiger charge is 2.53. The van der Waals surface area contributed by atoms with Crippen LogP contribution in [0.2, 0.25) is 0 Å². The molecule has 0 bridgehead atoms. The summed E-state index contributed by atoms with van der Waals surface area (Å²) in [5, 5.41) is 19.5. The van der Waals surface area contributed by atoms with E-state index in [0.717, 1.165) is 11.1 Å². The van der Waals surface area contributed by atoms with Crippen LogP contribution in [-0.2, 0) is 37.1 Å². The Bertz CT molecular complexity index is 2280. The molecule has 1 aromatic carbocycles. The van der Waals surface area contributed by atoms with Gasteiger partial charge in [-0.3, -0.25) is 39.0 Å². The van der Waals surface area contributed by atoms with Crippen LogP contribution in [-0.4, -0.2) is 103 Å². The molecule has 1 aliphatic carbocycles. The number of alkyl halides is 5. The number of hydrogen-bond acceptors (Lipinski definition) is 10. The molecule has 2 atom stereocenters. The standard InChI is InChI=1S/C40H44F5N9O5S.ClH/c1-38(2)36(58)53(24-17-28(40(43,44)45)30(18-46)47-19-24)37(60)54(38)23-7-9-25(10-8-23)59-16-14-22-13-15-52(21-39(22,41)42)20-32(56)48-29-6-4-5-26-33(50-51(3)34(26)29)27-11-12-31(55)49-35(27)57;/h4-6,17,19,22-23,25,27H,7-16,20-21H2,1-3H3,(H,48,56)(H,49,55,57);1H. The van der Waals surface area contributed by atoms with Gasteiger partial charge < -0.3 is 15.0 Å². The topological polar surface area (TPSA) is 166 Å². The maximum Gasteiger partial charge on any atom is 0.419 e. The molecule has 3 saturated heterocycles. The van der Waals surface area contributed by atoms with Gasteiger partial charge in [0, 0.05) is 37.4 Å². The van der Waals surface area contributed by atoms with Crippen molar-refractivity contribution < 1.29 is 45.9 Å². The van der Waals surface area contributed by atoms with Crippen molar-refractivity contribution in [1.82, 2.24) is 29.9 Å². The number of benzene rings is 1. The summed E-state index contributed by atoms with van der Waals surface area (Å²) >= 11 is 5.66. The van der Waals surface area contributed by atoms with Gasteiger partial charge in [-0.1, -0.05) is 12.1 Å². The van der Waals surface area contributed by atoms with Crippen LogP contribution in [0, 0.1) is 17.2 Å². The summed E-state index contributed by atoms with van der Waals surface area (Å²) in [5.41, 5.74) is -1.96. The smallest absolute Gasteiger partial charge is 0.378 e.